The molecule has 7 nitrogen and oxygen atoms in total. The maximum atomic E-state index is 12.6. The molecule has 2 aromatic carbocycles. The summed E-state index contributed by atoms with van der Waals surface area (Å²) in [7, 11) is 0. The Labute approximate surface area is 177 Å². The van der Waals surface area contributed by atoms with Crippen molar-refractivity contribution in [1.82, 2.24) is 5.32 Å². The second-order valence-corrected chi connectivity index (χ2v) is 7.47. The van der Waals surface area contributed by atoms with Crippen molar-refractivity contribution in [2.45, 2.75) is 13.3 Å². The molecule has 1 aliphatic rings. The Kier molecular flexibility index (Phi) is 6.87. The molecule has 3 amide bonds. The molecule has 8 heteroatoms. The Bertz CT molecular complexity index is 901. The number of nitrogens with one attached hydrogen (secondary N) is 2. The summed E-state index contributed by atoms with van der Waals surface area (Å²) in [5.41, 5.74) is 1.37. The maximum Gasteiger partial charge on any atom is 0.257 e. The van der Waals surface area contributed by atoms with Gasteiger partial charge in [-0.15, -0.1) is 0 Å². The minimum atomic E-state index is -0.428. The van der Waals surface area contributed by atoms with Crippen LogP contribution in [0.1, 0.15) is 13.3 Å². The highest BCUT2D eigenvalue weighted by Gasteiger charge is 2.35. The summed E-state index contributed by atoms with van der Waals surface area (Å²) < 4.78 is 6.21. The molecule has 29 heavy (non-hydrogen) atoms. The summed E-state index contributed by atoms with van der Waals surface area (Å²) in [5.74, 6) is -0.367. The fourth-order valence-corrected chi connectivity index (χ4v) is 3.56. The van der Waals surface area contributed by atoms with Crippen LogP contribution in [-0.4, -0.2) is 37.4 Å². The highest BCUT2D eigenvalue weighted by Crippen LogP contribution is 2.31. The van der Waals surface area contributed by atoms with Crippen molar-refractivity contribution in [1.29, 1.82) is 0 Å². The number of para-hydroxylation sites is 1. The number of ether oxygens (including phenoxy) is 1. The summed E-state index contributed by atoms with van der Waals surface area (Å²) in [5, 5.41) is 5.49. The molecule has 0 saturated carbocycles. The average molecular weight is 460 g/mol. The quantitative estimate of drug-likeness (QED) is 0.665. The zero-order valence-electron chi connectivity index (χ0n) is 16.0. The first-order valence-corrected chi connectivity index (χ1v) is 10.1. The number of likely N-dealkylation sites (N-methyl/N-ethyl adjacent to an activating group) is 1. The number of hydrogen-bond acceptors (Lipinski definition) is 4. The van der Waals surface area contributed by atoms with Gasteiger partial charge in [0.1, 0.15) is 5.75 Å². The lowest BCUT2D eigenvalue weighted by Crippen LogP contribution is -2.28. The molecule has 2 N–H and O–H groups in total. The molecule has 1 saturated heterocycles. The zero-order chi connectivity index (χ0) is 20.8. The van der Waals surface area contributed by atoms with Crippen LogP contribution in [0.5, 0.6) is 5.75 Å². The smallest absolute Gasteiger partial charge is 0.257 e. The van der Waals surface area contributed by atoms with Crippen LogP contribution in [0.15, 0.2) is 53.0 Å². The van der Waals surface area contributed by atoms with Crippen molar-refractivity contribution in [3.8, 4) is 5.75 Å². The Hall–Kier alpha value is -2.87. The lowest BCUT2D eigenvalue weighted by Gasteiger charge is -2.18. The molecular formula is C21H22BrN3O4. The van der Waals surface area contributed by atoms with Crippen molar-refractivity contribution in [2.75, 3.05) is 29.9 Å². The predicted octanol–water partition coefficient (Wildman–Crippen LogP) is 2.96. The fourth-order valence-electron chi connectivity index (χ4n) is 3.06. The fraction of sp³-hybridized carbons (Fsp3) is 0.286. The van der Waals surface area contributed by atoms with Crippen molar-refractivity contribution in [3.63, 3.8) is 0 Å². The predicted molar refractivity (Wildman–Crippen MR) is 114 cm³/mol. The Morgan fingerprint density at radius 1 is 1.17 bits per heavy atom. The molecule has 1 atom stereocenters. The van der Waals surface area contributed by atoms with Gasteiger partial charge in [-0.1, -0.05) is 12.1 Å². The lowest BCUT2D eigenvalue weighted by molar-refractivity contribution is -0.123. The van der Waals surface area contributed by atoms with Gasteiger partial charge in [0, 0.05) is 29.7 Å². The Balaban J connectivity index is 1.56. The molecular weight excluding hydrogens is 438 g/mol. The number of carbonyl (C=O) groups excluding carboxylic acids is 3. The van der Waals surface area contributed by atoms with E-state index < -0.39 is 5.92 Å². The number of anilines is 2. The van der Waals surface area contributed by atoms with Crippen molar-refractivity contribution in [2.24, 2.45) is 5.92 Å². The summed E-state index contributed by atoms with van der Waals surface area (Å²) in [6.45, 7) is 2.66. The number of benzene rings is 2. The highest BCUT2D eigenvalue weighted by molar-refractivity contribution is 9.10. The average Bonchev–Trinajstić information content (AvgIpc) is 3.10. The molecule has 152 valence electrons. The second-order valence-electron chi connectivity index (χ2n) is 6.61. The van der Waals surface area contributed by atoms with Crippen molar-refractivity contribution < 1.29 is 19.1 Å². The summed E-state index contributed by atoms with van der Waals surface area (Å²) >= 11 is 3.45. The van der Waals surface area contributed by atoms with Gasteiger partial charge < -0.3 is 20.3 Å². The van der Waals surface area contributed by atoms with Gasteiger partial charge in [-0.25, -0.2) is 0 Å². The van der Waals surface area contributed by atoms with Crippen LogP contribution in [0, 0.1) is 5.92 Å². The third kappa shape index (κ3) is 5.35. The number of rotatable bonds is 7. The first-order chi connectivity index (χ1) is 14.0. The van der Waals surface area contributed by atoms with Gasteiger partial charge in [0.05, 0.1) is 11.6 Å². The summed E-state index contributed by atoms with van der Waals surface area (Å²) in [6.07, 6.45) is 0.168. The third-order valence-corrected chi connectivity index (χ3v) is 5.18. The van der Waals surface area contributed by atoms with Gasteiger partial charge >= 0.3 is 0 Å². The van der Waals surface area contributed by atoms with Gasteiger partial charge in [0.25, 0.3) is 5.91 Å². The Morgan fingerprint density at radius 2 is 1.90 bits per heavy atom. The van der Waals surface area contributed by atoms with E-state index in [4.69, 9.17) is 4.74 Å². The van der Waals surface area contributed by atoms with Gasteiger partial charge in [0.15, 0.2) is 6.61 Å². The van der Waals surface area contributed by atoms with Crippen LogP contribution in [-0.2, 0) is 14.4 Å². The monoisotopic (exact) mass is 459 g/mol. The largest absolute Gasteiger partial charge is 0.484 e. The lowest BCUT2D eigenvalue weighted by atomic mass is 10.1. The van der Waals surface area contributed by atoms with E-state index in [-0.39, 0.29) is 30.7 Å². The van der Waals surface area contributed by atoms with E-state index in [1.54, 1.807) is 29.2 Å². The number of nitrogens with zero attached hydrogens (tertiary/aromatic N) is 1. The minimum Gasteiger partial charge on any atom is -0.484 e. The molecule has 1 aliphatic heterocycles. The zero-order valence-corrected chi connectivity index (χ0v) is 17.6. The van der Waals surface area contributed by atoms with Crippen LogP contribution >= 0.6 is 15.9 Å². The molecule has 1 heterocycles. The van der Waals surface area contributed by atoms with Gasteiger partial charge in [-0.3, -0.25) is 14.4 Å². The number of carbonyl (C=O) groups is 3. The molecule has 1 fully saturated rings. The standard InChI is InChI=1S/C21H22BrN3O4/c1-2-23-19(26)13-29-16-9-7-15(8-10-16)24-21(28)14-11-20(27)25(12-14)18-6-4-3-5-17(18)22/h3-10,14H,2,11-13H2,1H3,(H,23,26)(H,24,28). The van der Waals surface area contributed by atoms with Crippen LogP contribution in [0.25, 0.3) is 0 Å². The van der Waals surface area contributed by atoms with Gasteiger partial charge in [0.2, 0.25) is 11.8 Å². The molecule has 0 aromatic heterocycles. The highest BCUT2D eigenvalue weighted by atomic mass is 79.9. The van der Waals surface area contributed by atoms with E-state index in [0.29, 0.717) is 24.5 Å². The number of hydrogen-bond donors (Lipinski definition) is 2. The van der Waals surface area contributed by atoms with Crippen molar-refractivity contribution >= 4 is 45.0 Å². The minimum absolute atomic E-state index is 0.0609. The molecule has 1 unspecified atom stereocenters. The number of halogens is 1. The van der Waals surface area contributed by atoms with Gasteiger partial charge in [-0.05, 0) is 59.3 Å². The van der Waals surface area contributed by atoms with E-state index in [1.807, 2.05) is 31.2 Å². The van der Waals surface area contributed by atoms with E-state index >= 15 is 0 Å². The normalized spacial score (nSPS) is 15.9. The first-order valence-electron chi connectivity index (χ1n) is 9.33. The first kappa shape index (κ1) is 20.9. The topological polar surface area (TPSA) is 87.7 Å². The van der Waals surface area contributed by atoms with Crippen LogP contribution in [0.4, 0.5) is 11.4 Å². The maximum absolute atomic E-state index is 12.6. The van der Waals surface area contributed by atoms with Crippen LogP contribution in [0.2, 0.25) is 0 Å². The third-order valence-electron chi connectivity index (χ3n) is 4.50. The molecule has 3 rings (SSSR count). The molecule has 2 aromatic rings. The molecule has 0 radical (unpaired) electrons. The molecule has 0 spiro atoms. The number of amides is 3. The second kappa shape index (κ2) is 9.56. The molecule has 0 bridgehead atoms. The van der Waals surface area contributed by atoms with Crippen LogP contribution < -0.4 is 20.3 Å². The van der Waals surface area contributed by atoms with E-state index in [9.17, 15) is 14.4 Å². The molecule has 0 aliphatic carbocycles. The summed E-state index contributed by atoms with van der Waals surface area (Å²) in [6, 6.07) is 14.2. The van der Waals surface area contributed by atoms with E-state index in [2.05, 4.69) is 26.6 Å². The Morgan fingerprint density at radius 3 is 2.59 bits per heavy atom. The SMILES string of the molecule is CCNC(=O)COc1ccc(NC(=O)C2CC(=O)N(c3ccccc3Br)C2)cc1. The summed E-state index contributed by atoms with van der Waals surface area (Å²) in [4.78, 5) is 38.1. The van der Waals surface area contributed by atoms with E-state index in [0.717, 1.165) is 10.2 Å². The van der Waals surface area contributed by atoms with E-state index in [1.165, 1.54) is 0 Å². The van der Waals surface area contributed by atoms with Crippen molar-refractivity contribution in [3.05, 3.63) is 53.0 Å². The van der Waals surface area contributed by atoms with Crippen LogP contribution in [0.3, 0.4) is 0 Å². The van der Waals surface area contributed by atoms with Gasteiger partial charge in [-0.2, -0.15) is 0 Å².